The number of hydrogen-bond acceptors (Lipinski definition) is 2. The zero-order chi connectivity index (χ0) is 8.69. The van der Waals surface area contributed by atoms with Crippen LogP contribution in [0.2, 0.25) is 0 Å². The molecule has 0 spiro atoms. The summed E-state index contributed by atoms with van der Waals surface area (Å²) in [4.78, 5) is 11.2. The largest absolute Gasteiger partial charge is 0.381 e. The molecule has 0 amide bonds. The molecule has 0 rings (SSSR count). The Hall–Kier alpha value is -0.370. The van der Waals surface area contributed by atoms with Crippen LogP contribution in [0.5, 0.6) is 0 Å². The van der Waals surface area contributed by atoms with Gasteiger partial charge in [0.1, 0.15) is 5.78 Å². The minimum Gasteiger partial charge on any atom is -0.381 e. The van der Waals surface area contributed by atoms with Crippen molar-refractivity contribution in [1.82, 2.24) is 0 Å². The van der Waals surface area contributed by atoms with E-state index in [0.717, 1.165) is 6.42 Å². The predicted molar refractivity (Wildman–Crippen MR) is 45.6 cm³/mol. The van der Waals surface area contributed by atoms with Crippen molar-refractivity contribution < 1.29 is 9.53 Å². The van der Waals surface area contributed by atoms with Crippen LogP contribution in [-0.4, -0.2) is 19.0 Å². The van der Waals surface area contributed by atoms with Crippen molar-refractivity contribution in [3.05, 3.63) is 0 Å². The number of Topliss-reactive ketones (excluding diaryl/α,β-unsaturated/α-hetero) is 1. The fraction of sp³-hybridized carbons (Fsp3) is 0.889. The van der Waals surface area contributed by atoms with Gasteiger partial charge >= 0.3 is 0 Å². The molecular formula is C9H18O2. The molecule has 0 radical (unpaired) electrons. The molecule has 66 valence electrons. The van der Waals surface area contributed by atoms with Crippen molar-refractivity contribution in [3.63, 3.8) is 0 Å². The quantitative estimate of drug-likeness (QED) is 0.591. The first-order chi connectivity index (χ1) is 5.22. The Morgan fingerprint density at radius 2 is 2.09 bits per heavy atom. The van der Waals surface area contributed by atoms with E-state index in [-0.39, 0.29) is 5.92 Å². The first-order valence-corrected chi connectivity index (χ1v) is 4.32. The molecule has 1 unspecified atom stereocenters. The first kappa shape index (κ1) is 10.6. The third-order valence-electron chi connectivity index (χ3n) is 1.62. The molecule has 0 aromatic rings. The normalized spacial score (nSPS) is 13.0. The summed E-state index contributed by atoms with van der Waals surface area (Å²) in [6.45, 7) is 7.16. The van der Waals surface area contributed by atoms with E-state index in [4.69, 9.17) is 4.74 Å². The van der Waals surface area contributed by atoms with Gasteiger partial charge in [-0.15, -0.1) is 0 Å². The van der Waals surface area contributed by atoms with E-state index >= 15 is 0 Å². The highest BCUT2D eigenvalue weighted by Gasteiger charge is 2.10. The van der Waals surface area contributed by atoms with Gasteiger partial charge in [0.05, 0.1) is 6.61 Å². The van der Waals surface area contributed by atoms with Gasteiger partial charge in [-0.3, -0.25) is 4.79 Å². The molecule has 0 aliphatic carbocycles. The molecule has 11 heavy (non-hydrogen) atoms. The van der Waals surface area contributed by atoms with Crippen LogP contribution in [-0.2, 0) is 9.53 Å². The zero-order valence-corrected chi connectivity index (χ0v) is 7.72. The summed E-state index contributed by atoms with van der Waals surface area (Å²) in [6.07, 6.45) is 1.63. The standard InChI is InChI=1S/C9H18O2/c1-4-6-9(10)8(3)7-11-5-2/h8H,4-7H2,1-3H3. The molecule has 2 nitrogen and oxygen atoms in total. The van der Waals surface area contributed by atoms with Gasteiger partial charge < -0.3 is 4.74 Å². The van der Waals surface area contributed by atoms with Crippen LogP contribution in [0, 0.1) is 5.92 Å². The summed E-state index contributed by atoms with van der Waals surface area (Å²) in [5.41, 5.74) is 0. The van der Waals surface area contributed by atoms with Crippen LogP contribution in [0.4, 0.5) is 0 Å². The van der Waals surface area contributed by atoms with E-state index < -0.39 is 0 Å². The fourth-order valence-corrected chi connectivity index (χ4v) is 0.880. The Morgan fingerprint density at radius 3 is 2.55 bits per heavy atom. The van der Waals surface area contributed by atoms with E-state index in [1.165, 1.54) is 0 Å². The second kappa shape index (κ2) is 6.35. The molecule has 0 fully saturated rings. The van der Waals surface area contributed by atoms with Crippen molar-refractivity contribution >= 4 is 5.78 Å². The van der Waals surface area contributed by atoms with Crippen LogP contribution in [0.15, 0.2) is 0 Å². The zero-order valence-electron chi connectivity index (χ0n) is 7.72. The Labute approximate surface area is 68.9 Å². The molecule has 0 aliphatic rings. The van der Waals surface area contributed by atoms with Gasteiger partial charge in [0.2, 0.25) is 0 Å². The topological polar surface area (TPSA) is 26.3 Å². The lowest BCUT2D eigenvalue weighted by Gasteiger charge is -2.08. The molecule has 0 aromatic heterocycles. The number of ketones is 1. The summed E-state index contributed by atoms with van der Waals surface area (Å²) >= 11 is 0. The smallest absolute Gasteiger partial charge is 0.137 e. The molecule has 0 saturated heterocycles. The molecule has 0 aliphatic heterocycles. The van der Waals surface area contributed by atoms with Gasteiger partial charge in [-0.05, 0) is 13.3 Å². The minimum absolute atomic E-state index is 0.0786. The van der Waals surface area contributed by atoms with E-state index in [0.29, 0.717) is 25.4 Å². The number of ether oxygens (including phenoxy) is 1. The molecule has 0 saturated carbocycles. The summed E-state index contributed by atoms with van der Waals surface area (Å²) in [5.74, 6) is 0.399. The van der Waals surface area contributed by atoms with E-state index in [9.17, 15) is 4.79 Å². The van der Waals surface area contributed by atoms with Gasteiger partial charge in [0, 0.05) is 18.9 Å². The summed E-state index contributed by atoms with van der Waals surface area (Å²) in [6, 6.07) is 0. The molecule has 1 atom stereocenters. The monoisotopic (exact) mass is 158 g/mol. The average molecular weight is 158 g/mol. The number of carbonyl (C=O) groups excluding carboxylic acids is 1. The van der Waals surface area contributed by atoms with Crippen LogP contribution >= 0.6 is 0 Å². The summed E-state index contributed by atoms with van der Waals surface area (Å²) < 4.78 is 5.14. The Morgan fingerprint density at radius 1 is 1.45 bits per heavy atom. The highest BCUT2D eigenvalue weighted by atomic mass is 16.5. The van der Waals surface area contributed by atoms with E-state index in [1.54, 1.807) is 0 Å². The summed E-state index contributed by atoms with van der Waals surface area (Å²) in [5, 5.41) is 0. The number of hydrogen-bond donors (Lipinski definition) is 0. The SMILES string of the molecule is CCCC(=O)C(C)COCC. The highest BCUT2D eigenvalue weighted by Crippen LogP contribution is 2.03. The van der Waals surface area contributed by atoms with Crippen molar-refractivity contribution in [1.29, 1.82) is 0 Å². The minimum atomic E-state index is 0.0786. The molecule has 0 N–H and O–H groups in total. The van der Waals surface area contributed by atoms with Crippen molar-refractivity contribution in [2.24, 2.45) is 5.92 Å². The number of carbonyl (C=O) groups is 1. The van der Waals surface area contributed by atoms with Crippen LogP contribution in [0.3, 0.4) is 0 Å². The van der Waals surface area contributed by atoms with E-state index in [1.807, 2.05) is 20.8 Å². The molecule has 2 heteroatoms. The Bertz CT molecular complexity index is 110. The second-order valence-corrected chi connectivity index (χ2v) is 2.78. The maximum Gasteiger partial charge on any atom is 0.137 e. The van der Waals surface area contributed by atoms with Crippen LogP contribution in [0.1, 0.15) is 33.6 Å². The molecular weight excluding hydrogens is 140 g/mol. The predicted octanol–water partition coefficient (Wildman–Crippen LogP) is 2.03. The van der Waals surface area contributed by atoms with Gasteiger partial charge in [-0.2, -0.15) is 0 Å². The number of rotatable bonds is 6. The van der Waals surface area contributed by atoms with Crippen molar-refractivity contribution in [2.45, 2.75) is 33.6 Å². The highest BCUT2D eigenvalue weighted by molar-refractivity contribution is 5.80. The fourth-order valence-electron chi connectivity index (χ4n) is 0.880. The third kappa shape index (κ3) is 4.96. The van der Waals surface area contributed by atoms with Gasteiger partial charge in [0.15, 0.2) is 0 Å². The Kier molecular flexibility index (Phi) is 6.13. The molecule has 0 aromatic carbocycles. The lowest BCUT2D eigenvalue weighted by molar-refractivity contribution is -0.124. The van der Waals surface area contributed by atoms with Gasteiger partial charge in [-0.25, -0.2) is 0 Å². The molecule has 0 heterocycles. The summed E-state index contributed by atoms with van der Waals surface area (Å²) in [7, 11) is 0. The first-order valence-electron chi connectivity index (χ1n) is 4.32. The maximum absolute atomic E-state index is 11.2. The van der Waals surface area contributed by atoms with Crippen LogP contribution in [0.25, 0.3) is 0 Å². The maximum atomic E-state index is 11.2. The van der Waals surface area contributed by atoms with E-state index in [2.05, 4.69) is 0 Å². The van der Waals surface area contributed by atoms with Crippen molar-refractivity contribution in [3.8, 4) is 0 Å². The van der Waals surface area contributed by atoms with Gasteiger partial charge in [0.25, 0.3) is 0 Å². The van der Waals surface area contributed by atoms with Gasteiger partial charge in [-0.1, -0.05) is 13.8 Å². The van der Waals surface area contributed by atoms with Crippen LogP contribution < -0.4 is 0 Å². The Balaban J connectivity index is 3.46. The third-order valence-corrected chi connectivity index (χ3v) is 1.62. The van der Waals surface area contributed by atoms with Crippen molar-refractivity contribution in [2.75, 3.05) is 13.2 Å². The lowest BCUT2D eigenvalue weighted by atomic mass is 10.0. The average Bonchev–Trinajstić information content (AvgIpc) is 2.00. The second-order valence-electron chi connectivity index (χ2n) is 2.78. The lowest BCUT2D eigenvalue weighted by Crippen LogP contribution is -2.16. The molecule has 0 bridgehead atoms.